The van der Waals surface area contributed by atoms with Crippen LogP contribution in [-0.2, 0) is 9.47 Å². The van der Waals surface area contributed by atoms with Crippen LogP contribution in [0.4, 0.5) is 4.79 Å². The third kappa shape index (κ3) is 4.16. The van der Waals surface area contributed by atoms with Crippen molar-refractivity contribution in [3.8, 4) is 0 Å². The van der Waals surface area contributed by atoms with Gasteiger partial charge in [0.2, 0.25) is 0 Å². The number of amides is 1. The van der Waals surface area contributed by atoms with Crippen molar-refractivity contribution >= 4 is 6.09 Å². The standard InChI is InChI=1S/C12H24N2O3/c1-9(2)8-17-12(15)14-5-4-11(16-3)6-10(14)7-13/h9-11H,4-8,13H2,1-3H3. The Morgan fingerprint density at radius 3 is 2.76 bits per heavy atom. The number of methoxy groups -OCH3 is 1. The van der Waals surface area contributed by atoms with Crippen molar-refractivity contribution in [2.75, 3.05) is 26.8 Å². The molecule has 5 heteroatoms. The van der Waals surface area contributed by atoms with Gasteiger partial charge in [0, 0.05) is 26.2 Å². The van der Waals surface area contributed by atoms with E-state index in [1.807, 2.05) is 13.8 Å². The van der Waals surface area contributed by atoms with E-state index in [-0.39, 0.29) is 18.2 Å². The second-order valence-corrected chi connectivity index (χ2v) is 4.94. The number of likely N-dealkylation sites (tertiary alicyclic amines) is 1. The SMILES string of the molecule is COC1CCN(C(=O)OCC(C)C)C(CN)C1. The summed E-state index contributed by atoms with van der Waals surface area (Å²) in [5, 5.41) is 0. The van der Waals surface area contributed by atoms with E-state index in [2.05, 4.69) is 0 Å². The lowest BCUT2D eigenvalue weighted by atomic mass is 10.00. The first-order chi connectivity index (χ1) is 8.08. The van der Waals surface area contributed by atoms with Gasteiger partial charge < -0.3 is 20.1 Å². The van der Waals surface area contributed by atoms with Crippen LogP contribution in [0.5, 0.6) is 0 Å². The molecular weight excluding hydrogens is 220 g/mol. The van der Waals surface area contributed by atoms with Crippen LogP contribution < -0.4 is 5.73 Å². The fourth-order valence-electron chi connectivity index (χ4n) is 2.01. The van der Waals surface area contributed by atoms with Crippen LogP contribution in [0.1, 0.15) is 26.7 Å². The van der Waals surface area contributed by atoms with Crippen LogP contribution in [0.3, 0.4) is 0 Å². The van der Waals surface area contributed by atoms with E-state index in [1.165, 1.54) is 0 Å². The van der Waals surface area contributed by atoms with Gasteiger partial charge in [-0.25, -0.2) is 4.79 Å². The highest BCUT2D eigenvalue weighted by Gasteiger charge is 2.31. The van der Waals surface area contributed by atoms with E-state index in [1.54, 1.807) is 12.0 Å². The Hall–Kier alpha value is -0.810. The molecule has 100 valence electrons. The Kier molecular flexibility index (Phi) is 5.71. The molecule has 17 heavy (non-hydrogen) atoms. The minimum Gasteiger partial charge on any atom is -0.449 e. The maximum atomic E-state index is 11.9. The molecule has 1 heterocycles. The maximum Gasteiger partial charge on any atom is 0.410 e. The minimum absolute atomic E-state index is 0.0355. The Balaban J connectivity index is 2.48. The van der Waals surface area contributed by atoms with Crippen molar-refractivity contribution < 1.29 is 14.3 Å². The summed E-state index contributed by atoms with van der Waals surface area (Å²) in [7, 11) is 1.70. The molecule has 0 aromatic carbocycles. The molecular formula is C12H24N2O3. The van der Waals surface area contributed by atoms with Crippen molar-refractivity contribution in [1.82, 2.24) is 4.90 Å². The monoisotopic (exact) mass is 244 g/mol. The first-order valence-corrected chi connectivity index (χ1v) is 6.24. The molecule has 0 aliphatic carbocycles. The zero-order valence-electron chi connectivity index (χ0n) is 11.0. The summed E-state index contributed by atoms with van der Waals surface area (Å²) >= 11 is 0. The highest BCUT2D eigenvalue weighted by atomic mass is 16.6. The summed E-state index contributed by atoms with van der Waals surface area (Å²) in [6.45, 7) is 5.62. The highest BCUT2D eigenvalue weighted by Crippen LogP contribution is 2.20. The van der Waals surface area contributed by atoms with Crippen LogP contribution in [-0.4, -0.2) is 49.9 Å². The largest absolute Gasteiger partial charge is 0.449 e. The van der Waals surface area contributed by atoms with Gasteiger partial charge in [-0.05, 0) is 18.8 Å². The van der Waals surface area contributed by atoms with Crippen LogP contribution in [0.25, 0.3) is 0 Å². The van der Waals surface area contributed by atoms with Crippen LogP contribution in [0, 0.1) is 5.92 Å². The Morgan fingerprint density at radius 1 is 1.53 bits per heavy atom. The van der Waals surface area contributed by atoms with Crippen molar-refractivity contribution in [1.29, 1.82) is 0 Å². The van der Waals surface area contributed by atoms with Gasteiger partial charge in [-0.1, -0.05) is 13.8 Å². The molecule has 5 nitrogen and oxygen atoms in total. The average Bonchev–Trinajstić information content (AvgIpc) is 2.34. The van der Waals surface area contributed by atoms with E-state index in [9.17, 15) is 4.79 Å². The Labute approximate surface area is 103 Å². The van der Waals surface area contributed by atoms with E-state index < -0.39 is 0 Å². The molecule has 1 amide bonds. The van der Waals surface area contributed by atoms with Gasteiger partial charge in [0.15, 0.2) is 0 Å². The van der Waals surface area contributed by atoms with Crippen molar-refractivity contribution in [3.05, 3.63) is 0 Å². The molecule has 1 fully saturated rings. The number of carbonyl (C=O) groups is 1. The predicted molar refractivity (Wildman–Crippen MR) is 65.8 cm³/mol. The van der Waals surface area contributed by atoms with Crippen molar-refractivity contribution in [2.45, 2.75) is 38.8 Å². The summed E-state index contributed by atoms with van der Waals surface area (Å²) in [5.41, 5.74) is 5.70. The van der Waals surface area contributed by atoms with Gasteiger partial charge in [0.25, 0.3) is 0 Å². The molecule has 2 N–H and O–H groups in total. The molecule has 2 atom stereocenters. The van der Waals surface area contributed by atoms with Gasteiger partial charge >= 0.3 is 6.09 Å². The number of carbonyl (C=O) groups excluding carboxylic acids is 1. The molecule has 2 unspecified atom stereocenters. The normalized spacial score (nSPS) is 25.1. The molecule has 0 radical (unpaired) electrons. The van der Waals surface area contributed by atoms with Crippen molar-refractivity contribution in [2.24, 2.45) is 11.7 Å². The van der Waals surface area contributed by atoms with Gasteiger partial charge in [-0.15, -0.1) is 0 Å². The van der Waals surface area contributed by atoms with Crippen LogP contribution >= 0.6 is 0 Å². The molecule has 0 saturated carbocycles. The highest BCUT2D eigenvalue weighted by molar-refractivity contribution is 5.68. The zero-order valence-corrected chi connectivity index (χ0v) is 11.0. The van der Waals surface area contributed by atoms with Crippen LogP contribution in [0.2, 0.25) is 0 Å². The first-order valence-electron chi connectivity index (χ1n) is 6.24. The number of hydrogen-bond acceptors (Lipinski definition) is 4. The number of rotatable bonds is 4. The minimum atomic E-state index is -0.247. The van der Waals surface area contributed by atoms with Gasteiger partial charge in [-0.2, -0.15) is 0 Å². The number of nitrogens with two attached hydrogens (primary N) is 1. The fourth-order valence-corrected chi connectivity index (χ4v) is 2.01. The van der Waals surface area contributed by atoms with Gasteiger partial charge in [0.05, 0.1) is 12.7 Å². The number of hydrogen-bond donors (Lipinski definition) is 1. The predicted octanol–water partition coefficient (Wildman–Crippen LogP) is 1.22. The zero-order chi connectivity index (χ0) is 12.8. The molecule has 1 aliphatic rings. The van der Waals surface area contributed by atoms with Crippen molar-refractivity contribution in [3.63, 3.8) is 0 Å². The molecule has 0 aromatic heterocycles. The van der Waals surface area contributed by atoms with E-state index in [0.29, 0.717) is 25.6 Å². The van der Waals surface area contributed by atoms with Crippen LogP contribution in [0.15, 0.2) is 0 Å². The Bertz CT molecular complexity index is 246. The summed E-state index contributed by atoms with van der Waals surface area (Å²) in [6.07, 6.45) is 1.61. The Morgan fingerprint density at radius 2 is 2.24 bits per heavy atom. The first kappa shape index (κ1) is 14.3. The van der Waals surface area contributed by atoms with Gasteiger partial charge in [-0.3, -0.25) is 0 Å². The van der Waals surface area contributed by atoms with E-state index >= 15 is 0 Å². The summed E-state index contributed by atoms with van der Waals surface area (Å²) in [6, 6.07) is 0.0355. The number of ether oxygens (including phenoxy) is 2. The third-order valence-corrected chi connectivity index (χ3v) is 3.05. The molecule has 1 aliphatic heterocycles. The molecule has 1 rings (SSSR count). The molecule has 0 bridgehead atoms. The maximum absolute atomic E-state index is 11.9. The van der Waals surface area contributed by atoms with Gasteiger partial charge in [0.1, 0.15) is 0 Å². The van der Waals surface area contributed by atoms with E-state index in [0.717, 1.165) is 12.8 Å². The topological polar surface area (TPSA) is 64.8 Å². The molecule has 1 saturated heterocycles. The second-order valence-electron chi connectivity index (χ2n) is 4.94. The third-order valence-electron chi connectivity index (χ3n) is 3.05. The average molecular weight is 244 g/mol. The quantitative estimate of drug-likeness (QED) is 0.807. The second kappa shape index (κ2) is 6.81. The fraction of sp³-hybridized carbons (Fsp3) is 0.917. The van der Waals surface area contributed by atoms with E-state index in [4.69, 9.17) is 15.2 Å². The number of piperidine rings is 1. The molecule has 0 spiro atoms. The summed E-state index contributed by atoms with van der Waals surface area (Å²) < 4.78 is 10.5. The smallest absolute Gasteiger partial charge is 0.410 e. The lowest BCUT2D eigenvalue weighted by Gasteiger charge is -2.37. The molecule has 0 aromatic rings. The summed E-state index contributed by atoms with van der Waals surface area (Å²) in [4.78, 5) is 13.6. The number of nitrogens with zero attached hydrogens (tertiary/aromatic N) is 1. The lowest BCUT2D eigenvalue weighted by Crippen LogP contribution is -2.51. The lowest BCUT2D eigenvalue weighted by molar-refractivity contribution is 0.00719. The summed E-state index contributed by atoms with van der Waals surface area (Å²) in [5.74, 6) is 0.354.